The van der Waals surface area contributed by atoms with Crippen LogP contribution in [0.3, 0.4) is 0 Å². The minimum Gasteiger partial charge on any atom is -0.309 e. The standard InChI is InChI=1S/C42H28N4/c1-3-14-29(15-4-1)36-28-37(30-16-5-2-6-17-30)44-42(43-36)46-38-23-10-7-18-32(38)27-41(46)31-19-13-20-33(26-31)45-39-24-11-8-21-34(39)35-22-9-12-25-40(35)45/h1-28H. The first-order valence-corrected chi connectivity index (χ1v) is 15.5. The third-order valence-corrected chi connectivity index (χ3v) is 8.74. The summed E-state index contributed by atoms with van der Waals surface area (Å²) in [6.45, 7) is 0. The maximum atomic E-state index is 5.21. The molecule has 0 bridgehead atoms. The van der Waals surface area contributed by atoms with Crippen LogP contribution in [0.4, 0.5) is 0 Å². The third kappa shape index (κ3) is 4.31. The minimum atomic E-state index is 0.638. The average molecular weight is 589 g/mol. The van der Waals surface area contributed by atoms with E-state index in [2.05, 4.69) is 167 Å². The molecule has 0 atom stereocenters. The molecule has 0 unspecified atom stereocenters. The molecule has 3 aromatic heterocycles. The fraction of sp³-hybridized carbons (Fsp3) is 0. The van der Waals surface area contributed by atoms with E-state index >= 15 is 0 Å². The lowest BCUT2D eigenvalue weighted by molar-refractivity contribution is 0.974. The fourth-order valence-corrected chi connectivity index (χ4v) is 6.64. The zero-order valence-corrected chi connectivity index (χ0v) is 25.0. The van der Waals surface area contributed by atoms with Crippen molar-refractivity contribution in [2.75, 3.05) is 0 Å². The molecule has 216 valence electrons. The molecule has 9 aromatic rings. The largest absolute Gasteiger partial charge is 0.309 e. The van der Waals surface area contributed by atoms with Gasteiger partial charge in [-0.15, -0.1) is 0 Å². The lowest BCUT2D eigenvalue weighted by Crippen LogP contribution is -2.05. The molecule has 0 spiro atoms. The molecule has 0 N–H and O–H groups in total. The highest BCUT2D eigenvalue weighted by Gasteiger charge is 2.19. The van der Waals surface area contributed by atoms with Gasteiger partial charge in [-0.3, -0.25) is 4.57 Å². The van der Waals surface area contributed by atoms with E-state index in [-0.39, 0.29) is 0 Å². The Bertz CT molecular complexity index is 2410. The number of benzene rings is 6. The topological polar surface area (TPSA) is 35.6 Å². The first-order valence-electron chi connectivity index (χ1n) is 15.5. The zero-order chi connectivity index (χ0) is 30.5. The van der Waals surface area contributed by atoms with Crippen molar-refractivity contribution >= 4 is 32.7 Å². The Morgan fingerprint density at radius 2 is 0.891 bits per heavy atom. The number of para-hydroxylation sites is 3. The van der Waals surface area contributed by atoms with Gasteiger partial charge < -0.3 is 4.57 Å². The average Bonchev–Trinajstić information content (AvgIpc) is 3.69. The molecule has 0 saturated heterocycles. The van der Waals surface area contributed by atoms with Crippen LogP contribution in [0.25, 0.3) is 78.1 Å². The van der Waals surface area contributed by atoms with Crippen LogP contribution >= 0.6 is 0 Å². The summed E-state index contributed by atoms with van der Waals surface area (Å²) in [6.07, 6.45) is 0. The Kier molecular flexibility index (Phi) is 6.10. The molecule has 4 nitrogen and oxygen atoms in total. The van der Waals surface area contributed by atoms with Crippen molar-refractivity contribution in [1.29, 1.82) is 0 Å². The van der Waals surface area contributed by atoms with Crippen molar-refractivity contribution in [2.24, 2.45) is 0 Å². The Morgan fingerprint density at radius 3 is 1.52 bits per heavy atom. The minimum absolute atomic E-state index is 0.638. The van der Waals surface area contributed by atoms with Crippen LogP contribution in [0.1, 0.15) is 0 Å². The van der Waals surface area contributed by atoms with E-state index < -0.39 is 0 Å². The summed E-state index contributed by atoms with van der Waals surface area (Å²) in [4.78, 5) is 10.4. The van der Waals surface area contributed by atoms with E-state index in [0.717, 1.165) is 50.4 Å². The smallest absolute Gasteiger partial charge is 0.235 e. The molecule has 0 saturated carbocycles. The number of aromatic nitrogens is 4. The lowest BCUT2D eigenvalue weighted by atomic mass is 10.1. The van der Waals surface area contributed by atoms with Crippen molar-refractivity contribution in [3.05, 3.63) is 170 Å². The molecule has 0 aliphatic carbocycles. The molecule has 46 heavy (non-hydrogen) atoms. The number of nitrogens with zero attached hydrogens (tertiary/aromatic N) is 4. The van der Waals surface area contributed by atoms with Crippen molar-refractivity contribution in [3.8, 4) is 45.4 Å². The SMILES string of the molecule is c1ccc(-c2cc(-c3ccccc3)nc(-n3c(-c4cccc(-n5c6ccccc6c6ccccc65)c4)cc4ccccc43)n2)cc1. The third-order valence-electron chi connectivity index (χ3n) is 8.74. The number of hydrogen-bond acceptors (Lipinski definition) is 2. The van der Waals surface area contributed by atoms with Gasteiger partial charge in [0.2, 0.25) is 5.95 Å². The van der Waals surface area contributed by atoms with Crippen molar-refractivity contribution in [3.63, 3.8) is 0 Å². The van der Waals surface area contributed by atoms with Gasteiger partial charge in [-0.05, 0) is 42.5 Å². The molecule has 0 radical (unpaired) electrons. The summed E-state index contributed by atoms with van der Waals surface area (Å²) in [6, 6.07) is 59.5. The van der Waals surface area contributed by atoms with E-state index in [4.69, 9.17) is 9.97 Å². The number of hydrogen-bond donors (Lipinski definition) is 0. The monoisotopic (exact) mass is 588 g/mol. The second kappa shape index (κ2) is 10.7. The van der Waals surface area contributed by atoms with Gasteiger partial charge in [0.15, 0.2) is 0 Å². The summed E-state index contributed by atoms with van der Waals surface area (Å²) in [5.41, 5.74) is 10.5. The van der Waals surface area contributed by atoms with E-state index in [9.17, 15) is 0 Å². The normalized spacial score (nSPS) is 11.5. The Hall–Kier alpha value is -6.26. The first-order chi connectivity index (χ1) is 22.8. The Labute approximate surface area is 266 Å². The highest BCUT2D eigenvalue weighted by molar-refractivity contribution is 6.09. The number of fused-ring (bicyclic) bond motifs is 4. The van der Waals surface area contributed by atoms with Crippen LogP contribution in [0.15, 0.2) is 170 Å². The molecular weight excluding hydrogens is 560 g/mol. The van der Waals surface area contributed by atoms with Gasteiger partial charge in [0, 0.05) is 38.5 Å². The molecule has 3 heterocycles. The Balaban J connectivity index is 1.29. The van der Waals surface area contributed by atoms with Crippen LogP contribution in [0.2, 0.25) is 0 Å². The van der Waals surface area contributed by atoms with Crippen LogP contribution in [-0.4, -0.2) is 19.1 Å². The summed E-state index contributed by atoms with van der Waals surface area (Å²) in [7, 11) is 0. The quantitative estimate of drug-likeness (QED) is 0.200. The molecule has 0 fully saturated rings. The van der Waals surface area contributed by atoms with Crippen LogP contribution in [0, 0.1) is 0 Å². The summed E-state index contributed by atoms with van der Waals surface area (Å²) >= 11 is 0. The van der Waals surface area contributed by atoms with Crippen molar-refractivity contribution in [2.45, 2.75) is 0 Å². The van der Waals surface area contributed by atoms with Crippen LogP contribution in [0.5, 0.6) is 0 Å². The van der Waals surface area contributed by atoms with Crippen molar-refractivity contribution < 1.29 is 0 Å². The van der Waals surface area contributed by atoms with Crippen LogP contribution in [-0.2, 0) is 0 Å². The van der Waals surface area contributed by atoms with E-state index in [0.29, 0.717) is 5.95 Å². The summed E-state index contributed by atoms with van der Waals surface area (Å²) in [5, 5.41) is 3.63. The molecule has 6 aromatic carbocycles. The van der Waals surface area contributed by atoms with Gasteiger partial charge in [0.1, 0.15) is 0 Å². The predicted octanol–water partition coefficient (Wildman–Crippen LogP) is 10.5. The maximum absolute atomic E-state index is 5.21. The molecule has 9 rings (SSSR count). The summed E-state index contributed by atoms with van der Waals surface area (Å²) < 4.78 is 4.57. The highest BCUT2D eigenvalue weighted by atomic mass is 15.2. The van der Waals surface area contributed by atoms with E-state index in [1.165, 1.54) is 21.8 Å². The molecule has 4 heteroatoms. The lowest BCUT2D eigenvalue weighted by Gasteiger charge is -2.15. The van der Waals surface area contributed by atoms with Gasteiger partial charge in [0.25, 0.3) is 0 Å². The first kappa shape index (κ1) is 26.2. The highest BCUT2D eigenvalue weighted by Crippen LogP contribution is 2.36. The molecular formula is C42H28N4. The molecule has 0 aliphatic rings. The maximum Gasteiger partial charge on any atom is 0.235 e. The van der Waals surface area contributed by atoms with Crippen molar-refractivity contribution in [1.82, 2.24) is 19.1 Å². The van der Waals surface area contributed by atoms with Gasteiger partial charge in [-0.2, -0.15) is 0 Å². The van der Waals surface area contributed by atoms with Gasteiger partial charge in [-0.1, -0.05) is 127 Å². The van der Waals surface area contributed by atoms with Gasteiger partial charge in [-0.25, -0.2) is 9.97 Å². The van der Waals surface area contributed by atoms with Gasteiger partial charge >= 0.3 is 0 Å². The Morgan fingerprint density at radius 1 is 0.370 bits per heavy atom. The van der Waals surface area contributed by atoms with Crippen LogP contribution < -0.4 is 0 Å². The molecule has 0 aliphatic heterocycles. The second-order valence-electron chi connectivity index (χ2n) is 11.5. The van der Waals surface area contributed by atoms with E-state index in [1.807, 2.05) is 12.1 Å². The van der Waals surface area contributed by atoms with E-state index in [1.54, 1.807) is 0 Å². The summed E-state index contributed by atoms with van der Waals surface area (Å²) in [5.74, 6) is 0.638. The second-order valence-corrected chi connectivity index (χ2v) is 11.5. The predicted molar refractivity (Wildman–Crippen MR) is 190 cm³/mol. The molecule has 0 amide bonds. The van der Waals surface area contributed by atoms with Gasteiger partial charge in [0.05, 0.1) is 33.6 Å². The fourth-order valence-electron chi connectivity index (χ4n) is 6.64. The number of rotatable bonds is 5. The zero-order valence-electron chi connectivity index (χ0n) is 25.0.